The Balaban J connectivity index is 2.02. The first-order valence-electron chi connectivity index (χ1n) is 7.13. The van der Waals surface area contributed by atoms with Crippen LogP contribution in [-0.4, -0.2) is 40.6 Å². The second-order valence-corrected chi connectivity index (χ2v) is 5.75. The van der Waals surface area contributed by atoms with Crippen molar-refractivity contribution < 1.29 is 19.3 Å². The van der Waals surface area contributed by atoms with E-state index in [1.165, 1.54) is 17.0 Å². The largest absolute Gasteiger partial charge is 0.369 e. The van der Waals surface area contributed by atoms with Crippen LogP contribution in [-0.2, 0) is 14.4 Å². The Labute approximate surface area is 141 Å². The van der Waals surface area contributed by atoms with Crippen LogP contribution in [0.15, 0.2) is 18.2 Å². The molecule has 1 saturated heterocycles. The van der Waals surface area contributed by atoms with Gasteiger partial charge in [0.05, 0.1) is 15.6 Å². The molecule has 2 rings (SSSR count). The number of nitro benzene ring substituents is 1. The van der Waals surface area contributed by atoms with E-state index < -0.39 is 22.6 Å². The Hall–Kier alpha value is -2.68. The van der Waals surface area contributed by atoms with Crippen molar-refractivity contribution in [2.45, 2.75) is 12.8 Å². The van der Waals surface area contributed by atoms with Crippen molar-refractivity contribution >= 4 is 40.7 Å². The van der Waals surface area contributed by atoms with Gasteiger partial charge in [0.2, 0.25) is 5.91 Å². The van der Waals surface area contributed by atoms with Crippen LogP contribution in [0, 0.1) is 16.0 Å². The van der Waals surface area contributed by atoms with Gasteiger partial charge >= 0.3 is 11.8 Å². The molecule has 1 aromatic rings. The summed E-state index contributed by atoms with van der Waals surface area (Å²) in [4.78, 5) is 46.7. The van der Waals surface area contributed by atoms with Crippen LogP contribution >= 0.6 is 11.6 Å². The molecule has 1 aliphatic rings. The van der Waals surface area contributed by atoms with E-state index in [4.69, 9.17) is 17.3 Å². The van der Waals surface area contributed by atoms with E-state index in [2.05, 4.69) is 5.32 Å². The molecule has 0 unspecified atom stereocenters. The van der Waals surface area contributed by atoms with Crippen LogP contribution in [0.1, 0.15) is 12.8 Å². The molecule has 0 atom stereocenters. The zero-order valence-electron chi connectivity index (χ0n) is 12.5. The van der Waals surface area contributed by atoms with Gasteiger partial charge in [-0.2, -0.15) is 0 Å². The van der Waals surface area contributed by atoms with Crippen LogP contribution < -0.4 is 11.1 Å². The van der Waals surface area contributed by atoms with Gasteiger partial charge in [-0.25, -0.2) is 0 Å². The topological polar surface area (TPSA) is 136 Å². The smallest absolute Gasteiger partial charge is 0.313 e. The first-order chi connectivity index (χ1) is 11.3. The number of rotatable bonds is 3. The molecule has 0 saturated carbocycles. The van der Waals surface area contributed by atoms with E-state index in [1.54, 1.807) is 0 Å². The Morgan fingerprint density at radius 2 is 1.92 bits per heavy atom. The minimum absolute atomic E-state index is 0.0174. The van der Waals surface area contributed by atoms with E-state index in [9.17, 15) is 24.5 Å². The van der Waals surface area contributed by atoms with Gasteiger partial charge in [-0.3, -0.25) is 24.5 Å². The summed E-state index contributed by atoms with van der Waals surface area (Å²) in [6, 6.07) is 3.53. The molecule has 24 heavy (non-hydrogen) atoms. The predicted molar refractivity (Wildman–Crippen MR) is 85.2 cm³/mol. The summed E-state index contributed by atoms with van der Waals surface area (Å²) in [5, 5.41) is 13.1. The first kappa shape index (κ1) is 17.7. The number of likely N-dealkylation sites (tertiary alicyclic amines) is 1. The third-order valence-electron chi connectivity index (χ3n) is 3.79. The van der Waals surface area contributed by atoms with Gasteiger partial charge in [-0.05, 0) is 18.9 Å². The molecule has 0 aromatic heterocycles. The Morgan fingerprint density at radius 1 is 1.29 bits per heavy atom. The van der Waals surface area contributed by atoms with Crippen molar-refractivity contribution in [2.24, 2.45) is 11.7 Å². The lowest BCUT2D eigenvalue weighted by Gasteiger charge is -2.29. The molecule has 0 radical (unpaired) electrons. The van der Waals surface area contributed by atoms with Gasteiger partial charge in [0, 0.05) is 31.1 Å². The fraction of sp³-hybridized carbons (Fsp3) is 0.357. The lowest BCUT2D eigenvalue weighted by atomic mass is 9.96. The number of primary amides is 1. The lowest BCUT2D eigenvalue weighted by Crippen LogP contribution is -2.46. The molecule has 1 heterocycles. The summed E-state index contributed by atoms with van der Waals surface area (Å²) >= 11 is 5.88. The summed E-state index contributed by atoms with van der Waals surface area (Å²) in [6.07, 6.45) is 0.790. The van der Waals surface area contributed by atoms with E-state index in [1.807, 2.05) is 0 Å². The summed E-state index contributed by atoms with van der Waals surface area (Å²) < 4.78 is 0. The van der Waals surface area contributed by atoms with E-state index in [0.29, 0.717) is 12.8 Å². The van der Waals surface area contributed by atoms with E-state index >= 15 is 0 Å². The number of benzene rings is 1. The quantitative estimate of drug-likeness (QED) is 0.472. The Morgan fingerprint density at radius 3 is 2.46 bits per heavy atom. The van der Waals surface area contributed by atoms with Crippen LogP contribution in [0.4, 0.5) is 11.4 Å². The minimum Gasteiger partial charge on any atom is -0.369 e. The molecule has 0 spiro atoms. The second-order valence-electron chi connectivity index (χ2n) is 5.34. The molecule has 9 nitrogen and oxygen atoms in total. The molecule has 10 heteroatoms. The molecule has 1 aliphatic heterocycles. The van der Waals surface area contributed by atoms with E-state index in [0.717, 1.165) is 6.07 Å². The lowest BCUT2D eigenvalue weighted by molar-refractivity contribution is -0.384. The van der Waals surface area contributed by atoms with Crippen molar-refractivity contribution in [1.82, 2.24) is 4.90 Å². The van der Waals surface area contributed by atoms with Gasteiger partial charge < -0.3 is 16.0 Å². The van der Waals surface area contributed by atoms with Crippen molar-refractivity contribution in [2.75, 3.05) is 18.4 Å². The number of nitrogens with zero attached hydrogens (tertiary/aromatic N) is 2. The summed E-state index contributed by atoms with van der Waals surface area (Å²) in [6.45, 7) is 0.477. The summed E-state index contributed by atoms with van der Waals surface area (Å²) in [7, 11) is 0. The maximum atomic E-state index is 12.1. The number of non-ortho nitro benzene ring substituents is 1. The Kier molecular flexibility index (Phi) is 5.35. The number of carbonyl (C=O) groups is 3. The van der Waals surface area contributed by atoms with E-state index in [-0.39, 0.29) is 35.4 Å². The average molecular weight is 355 g/mol. The van der Waals surface area contributed by atoms with Crippen LogP contribution in [0.3, 0.4) is 0 Å². The number of nitrogens with two attached hydrogens (primary N) is 1. The highest BCUT2D eigenvalue weighted by atomic mass is 35.5. The summed E-state index contributed by atoms with van der Waals surface area (Å²) in [5.74, 6) is -2.46. The van der Waals surface area contributed by atoms with Gasteiger partial charge in [0.15, 0.2) is 0 Å². The highest BCUT2D eigenvalue weighted by Crippen LogP contribution is 2.27. The zero-order valence-corrected chi connectivity index (χ0v) is 13.3. The Bertz CT molecular complexity index is 700. The number of nitro groups is 1. The minimum atomic E-state index is -0.949. The molecule has 0 bridgehead atoms. The number of hydrogen-bond donors (Lipinski definition) is 2. The van der Waals surface area contributed by atoms with Crippen molar-refractivity contribution in [3.63, 3.8) is 0 Å². The van der Waals surface area contributed by atoms with Crippen molar-refractivity contribution in [3.05, 3.63) is 33.3 Å². The van der Waals surface area contributed by atoms with Gasteiger partial charge in [-0.1, -0.05) is 11.6 Å². The fourth-order valence-electron chi connectivity index (χ4n) is 2.41. The van der Waals surface area contributed by atoms with Crippen molar-refractivity contribution in [3.8, 4) is 0 Å². The second kappa shape index (κ2) is 7.26. The predicted octanol–water partition coefficient (Wildman–Crippen LogP) is 0.911. The number of nitrogens with one attached hydrogen (secondary N) is 1. The SMILES string of the molecule is NC(=O)C1CCN(C(=O)C(=O)Nc2cc([N+](=O)[O-])ccc2Cl)CC1. The van der Waals surface area contributed by atoms with Crippen LogP contribution in [0.2, 0.25) is 5.02 Å². The number of halogens is 1. The normalized spacial score (nSPS) is 15.0. The molecular weight excluding hydrogens is 340 g/mol. The molecule has 1 aromatic carbocycles. The third-order valence-corrected chi connectivity index (χ3v) is 4.12. The average Bonchev–Trinajstić information content (AvgIpc) is 2.55. The maximum Gasteiger partial charge on any atom is 0.313 e. The molecule has 3 amide bonds. The number of amides is 3. The number of hydrogen-bond acceptors (Lipinski definition) is 5. The van der Waals surface area contributed by atoms with Crippen LogP contribution in [0.25, 0.3) is 0 Å². The number of carbonyl (C=O) groups excluding carboxylic acids is 3. The highest BCUT2D eigenvalue weighted by Gasteiger charge is 2.29. The molecule has 0 aliphatic carbocycles. The van der Waals surface area contributed by atoms with Gasteiger partial charge in [-0.15, -0.1) is 0 Å². The number of piperidine rings is 1. The summed E-state index contributed by atoms with van der Waals surface area (Å²) in [5.41, 5.74) is 4.94. The maximum absolute atomic E-state index is 12.1. The fourth-order valence-corrected chi connectivity index (χ4v) is 2.57. The van der Waals surface area contributed by atoms with Gasteiger partial charge in [0.25, 0.3) is 5.69 Å². The third kappa shape index (κ3) is 3.99. The van der Waals surface area contributed by atoms with Gasteiger partial charge in [0.1, 0.15) is 0 Å². The van der Waals surface area contributed by atoms with Crippen LogP contribution in [0.5, 0.6) is 0 Å². The molecular formula is C14H15ClN4O5. The standard InChI is InChI=1S/C14H15ClN4O5/c15-10-2-1-9(19(23)24)7-11(10)17-13(21)14(22)18-5-3-8(4-6-18)12(16)20/h1-2,7-8H,3-6H2,(H2,16,20)(H,17,21). The first-order valence-corrected chi connectivity index (χ1v) is 7.51. The molecule has 1 fully saturated rings. The monoisotopic (exact) mass is 354 g/mol. The highest BCUT2D eigenvalue weighted by molar-refractivity contribution is 6.41. The molecule has 128 valence electrons. The zero-order chi connectivity index (χ0) is 17.9. The van der Waals surface area contributed by atoms with Crippen molar-refractivity contribution in [1.29, 1.82) is 0 Å². The molecule has 3 N–H and O–H groups in total. The number of anilines is 1.